The van der Waals surface area contributed by atoms with Crippen LogP contribution in [-0.2, 0) is 0 Å². The number of aryl methyl sites for hydroxylation is 1. The van der Waals surface area contributed by atoms with E-state index in [1.165, 1.54) is 11.9 Å². The van der Waals surface area contributed by atoms with Gasteiger partial charge in [0.05, 0.1) is 5.69 Å². The van der Waals surface area contributed by atoms with E-state index in [1.807, 2.05) is 19.1 Å². The molecule has 3 nitrogen and oxygen atoms in total. The third kappa shape index (κ3) is 0.853. The van der Waals surface area contributed by atoms with Gasteiger partial charge in [-0.05, 0) is 31.0 Å². The molecule has 52 valence electrons. The van der Waals surface area contributed by atoms with Gasteiger partial charge in [-0.15, -0.1) is 0 Å². The van der Waals surface area contributed by atoms with Gasteiger partial charge >= 0.3 is 0 Å². The maximum Gasteiger partial charge on any atom is 0.137 e. The second kappa shape index (κ2) is 2.14. The molecule has 1 aromatic heterocycles. The largest absolute Gasteiger partial charge is 0.309 e. The van der Waals surface area contributed by atoms with Crippen LogP contribution in [0, 0.1) is 6.92 Å². The molecule has 2 N–H and O–H groups in total. The molecule has 0 amide bonds. The van der Waals surface area contributed by atoms with Gasteiger partial charge in [0.2, 0.25) is 0 Å². The standard InChI is InChI=1S/C6H7N3S/c1-4-2-3-5-6(7-4)10-9-8-5/h2-3,8-9H,1H3. The van der Waals surface area contributed by atoms with Crippen LogP contribution in [0.5, 0.6) is 0 Å². The van der Waals surface area contributed by atoms with Gasteiger partial charge in [-0.1, -0.05) is 0 Å². The van der Waals surface area contributed by atoms with Crippen LogP contribution in [0.3, 0.4) is 0 Å². The average molecular weight is 153 g/mol. The molecule has 0 aromatic carbocycles. The second-order valence-electron chi connectivity index (χ2n) is 2.13. The van der Waals surface area contributed by atoms with Gasteiger partial charge in [0.15, 0.2) is 0 Å². The lowest BCUT2D eigenvalue weighted by Crippen LogP contribution is -2.04. The summed E-state index contributed by atoms with van der Waals surface area (Å²) >= 11 is 1.51. The fraction of sp³-hybridized carbons (Fsp3) is 0.167. The van der Waals surface area contributed by atoms with Crippen molar-refractivity contribution in [1.82, 2.24) is 9.82 Å². The van der Waals surface area contributed by atoms with Gasteiger partial charge in [0, 0.05) is 5.69 Å². The number of nitrogens with one attached hydrogen (secondary N) is 2. The topological polar surface area (TPSA) is 37.0 Å². The minimum Gasteiger partial charge on any atom is -0.309 e. The van der Waals surface area contributed by atoms with E-state index in [4.69, 9.17) is 0 Å². The first-order valence-electron chi connectivity index (χ1n) is 3.02. The van der Waals surface area contributed by atoms with Crippen LogP contribution in [0.2, 0.25) is 0 Å². The second-order valence-corrected chi connectivity index (χ2v) is 2.93. The summed E-state index contributed by atoms with van der Waals surface area (Å²) in [7, 11) is 0. The summed E-state index contributed by atoms with van der Waals surface area (Å²) in [6.07, 6.45) is 0. The van der Waals surface area contributed by atoms with E-state index >= 15 is 0 Å². The third-order valence-corrected chi connectivity index (χ3v) is 2.04. The van der Waals surface area contributed by atoms with Gasteiger partial charge in [-0.2, -0.15) is 4.83 Å². The van der Waals surface area contributed by atoms with Crippen molar-refractivity contribution < 1.29 is 0 Å². The Kier molecular flexibility index (Phi) is 1.28. The Morgan fingerprint density at radius 1 is 1.50 bits per heavy atom. The van der Waals surface area contributed by atoms with Crippen LogP contribution in [0.4, 0.5) is 5.69 Å². The van der Waals surface area contributed by atoms with Crippen molar-refractivity contribution in [3.8, 4) is 0 Å². The molecule has 0 aliphatic carbocycles. The van der Waals surface area contributed by atoms with Crippen molar-refractivity contribution in [2.45, 2.75) is 11.9 Å². The van der Waals surface area contributed by atoms with Gasteiger partial charge in [0.1, 0.15) is 5.03 Å². The normalized spacial score (nSPS) is 14.5. The molecule has 0 fully saturated rings. The lowest BCUT2D eigenvalue weighted by molar-refractivity contribution is 1.08. The first-order valence-corrected chi connectivity index (χ1v) is 3.83. The van der Waals surface area contributed by atoms with E-state index in [0.717, 1.165) is 16.4 Å². The number of nitrogens with zero attached hydrogens (tertiary/aromatic N) is 1. The summed E-state index contributed by atoms with van der Waals surface area (Å²) in [4.78, 5) is 7.21. The molecule has 0 spiro atoms. The van der Waals surface area contributed by atoms with Crippen molar-refractivity contribution in [1.29, 1.82) is 0 Å². The zero-order valence-corrected chi connectivity index (χ0v) is 6.33. The van der Waals surface area contributed by atoms with Crippen molar-refractivity contribution in [2.24, 2.45) is 0 Å². The Morgan fingerprint density at radius 3 is 3.30 bits per heavy atom. The highest BCUT2D eigenvalue weighted by molar-refractivity contribution is 7.97. The summed E-state index contributed by atoms with van der Waals surface area (Å²) in [5, 5.41) is 1.03. The van der Waals surface area contributed by atoms with Crippen molar-refractivity contribution >= 4 is 17.6 Å². The van der Waals surface area contributed by atoms with Crippen LogP contribution in [0.25, 0.3) is 0 Å². The highest BCUT2D eigenvalue weighted by Gasteiger charge is 2.10. The molecule has 2 rings (SSSR count). The molecule has 0 atom stereocenters. The third-order valence-electron chi connectivity index (χ3n) is 1.33. The molecule has 0 bridgehead atoms. The molecule has 0 saturated heterocycles. The van der Waals surface area contributed by atoms with Crippen LogP contribution in [-0.4, -0.2) is 4.98 Å². The molecular weight excluding hydrogens is 146 g/mol. The van der Waals surface area contributed by atoms with E-state index in [2.05, 4.69) is 15.2 Å². The van der Waals surface area contributed by atoms with E-state index < -0.39 is 0 Å². The predicted molar refractivity (Wildman–Crippen MR) is 41.6 cm³/mol. The summed E-state index contributed by atoms with van der Waals surface area (Å²) in [5.74, 6) is 0. The van der Waals surface area contributed by atoms with Crippen molar-refractivity contribution in [3.63, 3.8) is 0 Å². The summed E-state index contributed by atoms with van der Waals surface area (Å²) < 4.78 is 0. The van der Waals surface area contributed by atoms with Gasteiger partial charge in [0.25, 0.3) is 0 Å². The maximum atomic E-state index is 4.29. The van der Waals surface area contributed by atoms with Gasteiger partial charge in [-0.3, -0.25) is 0 Å². The van der Waals surface area contributed by atoms with Crippen LogP contribution in [0.15, 0.2) is 17.2 Å². The molecule has 10 heavy (non-hydrogen) atoms. The average Bonchev–Trinajstić information content (AvgIpc) is 2.33. The Morgan fingerprint density at radius 2 is 2.40 bits per heavy atom. The number of fused-ring (bicyclic) bond motifs is 1. The monoisotopic (exact) mass is 153 g/mol. The molecule has 4 heteroatoms. The summed E-state index contributed by atoms with van der Waals surface area (Å²) in [5.41, 5.74) is 5.10. The number of aromatic nitrogens is 1. The van der Waals surface area contributed by atoms with Crippen molar-refractivity contribution in [2.75, 3.05) is 5.43 Å². The Balaban J connectivity index is 2.52. The number of hydrogen-bond donors (Lipinski definition) is 2. The smallest absolute Gasteiger partial charge is 0.137 e. The van der Waals surface area contributed by atoms with Crippen LogP contribution >= 0.6 is 11.9 Å². The zero-order chi connectivity index (χ0) is 6.97. The van der Waals surface area contributed by atoms with E-state index in [9.17, 15) is 0 Å². The SMILES string of the molecule is Cc1ccc2c(n1)SNN2. The van der Waals surface area contributed by atoms with Crippen LogP contribution in [0.1, 0.15) is 5.69 Å². The lowest BCUT2D eigenvalue weighted by Gasteiger charge is -1.95. The Hall–Kier alpha value is -0.740. The number of anilines is 1. The minimum atomic E-state index is 1.03. The Bertz CT molecular complexity index is 261. The first-order chi connectivity index (χ1) is 4.86. The van der Waals surface area contributed by atoms with Crippen LogP contribution < -0.4 is 10.3 Å². The first kappa shape index (κ1) is 6.00. The summed E-state index contributed by atoms with van der Waals surface area (Å²) in [6.45, 7) is 1.99. The minimum absolute atomic E-state index is 1.03. The van der Waals surface area contributed by atoms with Gasteiger partial charge < -0.3 is 5.43 Å². The highest BCUT2D eigenvalue weighted by atomic mass is 32.2. The molecule has 1 aliphatic heterocycles. The molecule has 0 unspecified atom stereocenters. The molecular formula is C6H7N3S. The summed E-state index contributed by atoms with van der Waals surface area (Å²) in [6, 6.07) is 4.00. The number of pyridine rings is 1. The molecule has 0 radical (unpaired) electrons. The van der Waals surface area contributed by atoms with Crippen molar-refractivity contribution in [3.05, 3.63) is 17.8 Å². The van der Waals surface area contributed by atoms with Gasteiger partial charge in [-0.25, -0.2) is 4.98 Å². The fourth-order valence-electron chi connectivity index (χ4n) is 0.835. The predicted octanol–water partition coefficient (Wildman–Crippen LogP) is 1.33. The van der Waals surface area contributed by atoms with E-state index in [1.54, 1.807) is 0 Å². The van der Waals surface area contributed by atoms with E-state index in [-0.39, 0.29) is 0 Å². The number of hydrazine groups is 1. The quantitative estimate of drug-likeness (QED) is 0.551. The molecule has 0 saturated carbocycles. The fourth-order valence-corrected chi connectivity index (χ4v) is 1.51. The van der Waals surface area contributed by atoms with E-state index in [0.29, 0.717) is 0 Å². The number of rotatable bonds is 0. The zero-order valence-electron chi connectivity index (χ0n) is 5.51. The Labute approximate surface area is 63.3 Å². The molecule has 1 aliphatic rings. The lowest BCUT2D eigenvalue weighted by atomic mass is 10.3. The number of hydrogen-bond acceptors (Lipinski definition) is 4. The molecule has 2 heterocycles. The maximum absolute atomic E-state index is 4.29. The highest BCUT2D eigenvalue weighted by Crippen LogP contribution is 2.27. The molecule has 1 aromatic rings.